The second-order valence-corrected chi connectivity index (χ2v) is 6.23. The normalized spacial score (nSPS) is 10.7. The number of para-hydroxylation sites is 1. The van der Waals surface area contributed by atoms with Crippen LogP contribution in [0.4, 0.5) is 5.69 Å². The molecule has 6 nitrogen and oxygen atoms in total. The van der Waals surface area contributed by atoms with Crippen molar-refractivity contribution in [2.75, 3.05) is 5.32 Å². The molecule has 4 rings (SSSR count). The van der Waals surface area contributed by atoms with Crippen LogP contribution < -0.4 is 10.1 Å². The van der Waals surface area contributed by atoms with Gasteiger partial charge in [0.25, 0.3) is 5.91 Å². The van der Waals surface area contributed by atoms with Crippen LogP contribution in [-0.2, 0) is 0 Å². The summed E-state index contributed by atoms with van der Waals surface area (Å²) in [6.45, 7) is 3.83. The van der Waals surface area contributed by atoms with E-state index in [0.717, 1.165) is 17.1 Å². The molecule has 1 amide bonds. The van der Waals surface area contributed by atoms with Gasteiger partial charge in [-0.1, -0.05) is 18.2 Å². The Morgan fingerprint density at radius 2 is 1.70 bits per heavy atom. The Labute approximate surface area is 156 Å². The molecule has 0 aliphatic rings. The van der Waals surface area contributed by atoms with Gasteiger partial charge < -0.3 is 10.1 Å². The lowest BCUT2D eigenvalue weighted by Gasteiger charge is -2.08. The molecule has 0 aliphatic heterocycles. The van der Waals surface area contributed by atoms with Gasteiger partial charge in [0.15, 0.2) is 5.65 Å². The summed E-state index contributed by atoms with van der Waals surface area (Å²) in [7, 11) is 0. The molecule has 0 atom stereocenters. The van der Waals surface area contributed by atoms with Gasteiger partial charge >= 0.3 is 0 Å². The summed E-state index contributed by atoms with van der Waals surface area (Å²) < 4.78 is 7.42. The van der Waals surface area contributed by atoms with Crippen LogP contribution in [0.1, 0.15) is 21.7 Å². The summed E-state index contributed by atoms with van der Waals surface area (Å²) in [5.74, 6) is 1.21. The zero-order valence-electron chi connectivity index (χ0n) is 15.0. The van der Waals surface area contributed by atoms with Crippen LogP contribution in [-0.4, -0.2) is 20.5 Å². The second kappa shape index (κ2) is 6.92. The average Bonchev–Trinajstić information content (AvgIpc) is 3.08. The molecule has 0 saturated carbocycles. The fraction of sp³-hybridized carbons (Fsp3) is 0.0952. The predicted octanol–water partition coefficient (Wildman–Crippen LogP) is 4.39. The molecule has 0 radical (unpaired) electrons. The van der Waals surface area contributed by atoms with Crippen molar-refractivity contribution >= 4 is 17.2 Å². The van der Waals surface area contributed by atoms with Crippen LogP contribution in [0.25, 0.3) is 5.65 Å². The highest BCUT2D eigenvalue weighted by molar-refractivity contribution is 6.08. The largest absolute Gasteiger partial charge is 0.457 e. The van der Waals surface area contributed by atoms with E-state index in [1.54, 1.807) is 16.6 Å². The second-order valence-electron chi connectivity index (χ2n) is 6.23. The number of amides is 1. The molecular weight excluding hydrogens is 340 g/mol. The predicted molar refractivity (Wildman–Crippen MR) is 103 cm³/mol. The summed E-state index contributed by atoms with van der Waals surface area (Å²) >= 11 is 0. The number of carbonyl (C=O) groups excluding carboxylic acids is 1. The van der Waals surface area contributed by atoms with Crippen molar-refractivity contribution in [2.45, 2.75) is 13.8 Å². The summed E-state index contributed by atoms with van der Waals surface area (Å²) in [6, 6.07) is 18.7. The third-order valence-corrected chi connectivity index (χ3v) is 4.11. The van der Waals surface area contributed by atoms with Gasteiger partial charge in [0.1, 0.15) is 17.1 Å². The summed E-state index contributed by atoms with van der Waals surface area (Å²) in [4.78, 5) is 17.1. The third kappa shape index (κ3) is 3.50. The molecule has 1 N–H and O–H groups in total. The Balaban J connectivity index is 1.52. The number of hydrogen-bond donors (Lipinski definition) is 1. The first-order valence-electron chi connectivity index (χ1n) is 8.56. The van der Waals surface area contributed by atoms with E-state index in [4.69, 9.17) is 4.74 Å². The minimum absolute atomic E-state index is 0.251. The quantitative estimate of drug-likeness (QED) is 0.587. The van der Waals surface area contributed by atoms with Gasteiger partial charge in [-0.15, -0.1) is 0 Å². The van der Waals surface area contributed by atoms with Crippen molar-refractivity contribution in [2.24, 2.45) is 0 Å². The molecule has 0 spiro atoms. The molecule has 2 aromatic heterocycles. The van der Waals surface area contributed by atoms with E-state index >= 15 is 0 Å². The van der Waals surface area contributed by atoms with Crippen LogP contribution in [0.15, 0.2) is 66.9 Å². The summed E-state index contributed by atoms with van der Waals surface area (Å²) in [5, 5.41) is 7.13. The maximum absolute atomic E-state index is 12.7. The Morgan fingerprint density at radius 1 is 1.00 bits per heavy atom. The molecule has 27 heavy (non-hydrogen) atoms. The van der Waals surface area contributed by atoms with Crippen LogP contribution in [0.3, 0.4) is 0 Å². The fourth-order valence-electron chi connectivity index (χ4n) is 2.86. The Morgan fingerprint density at radius 3 is 2.44 bits per heavy atom. The van der Waals surface area contributed by atoms with E-state index in [9.17, 15) is 4.79 Å². The molecule has 2 heterocycles. The van der Waals surface area contributed by atoms with E-state index in [2.05, 4.69) is 15.4 Å². The molecule has 134 valence electrons. The molecule has 6 heteroatoms. The Bertz CT molecular complexity index is 1100. The van der Waals surface area contributed by atoms with E-state index in [-0.39, 0.29) is 5.91 Å². The van der Waals surface area contributed by atoms with Crippen molar-refractivity contribution in [3.63, 3.8) is 0 Å². The first kappa shape index (κ1) is 16.8. The molecule has 0 aliphatic carbocycles. The third-order valence-electron chi connectivity index (χ3n) is 4.11. The number of ether oxygens (including phenoxy) is 1. The van der Waals surface area contributed by atoms with Crippen molar-refractivity contribution in [3.05, 3.63) is 83.8 Å². The van der Waals surface area contributed by atoms with Gasteiger partial charge in [0, 0.05) is 17.1 Å². The molecule has 4 aromatic rings. The lowest BCUT2D eigenvalue weighted by Crippen LogP contribution is -2.12. The summed E-state index contributed by atoms with van der Waals surface area (Å²) in [5.41, 5.74) is 3.43. The van der Waals surface area contributed by atoms with Crippen molar-refractivity contribution in [3.8, 4) is 11.5 Å². The van der Waals surface area contributed by atoms with Crippen LogP contribution >= 0.6 is 0 Å². The number of aromatic nitrogens is 3. The average molecular weight is 358 g/mol. The number of carbonyl (C=O) groups is 1. The maximum Gasteiger partial charge on any atom is 0.261 e. The van der Waals surface area contributed by atoms with E-state index in [1.807, 2.05) is 62.4 Å². The highest BCUT2D eigenvalue weighted by Crippen LogP contribution is 2.23. The summed E-state index contributed by atoms with van der Waals surface area (Å²) in [6.07, 6.45) is 1.54. The van der Waals surface area contributed by atoms with Crippen LogP contribution in [0.5, 0.6) is 11.5 Å². The molecular formula is C21H18N4O2. The number of benzene rings is 2. The van der Waals surface area contributed by atoms with Crippen molar-refractivity contribution in [1.82, 2.24) is 14.6 Å². The lowest BCUT2D eigenvalue weighted by molar-refractivity contribution is 0.102. The maximum atomic E-state index is 12.7. The SMILES string of the molecule is Cc1cc(C)n2ncc(C(=O)Nc3ccc(Oc4ccccc4)cc3)c2n1. The lowest BCUT2D eigenvalue weighted by atomic mass is 10.2. The van der Waals surface area contributed by atoms with Gasteiger partial charge in [0.2, 0.25) is 0 Å². The number of nitrogens with zero attached hydrogens (tertiary/aromatic N) is 3. The van der Waals surface area contributed by atoms with Crippen LogP contribution in [0.2, 0.25) is 0 Å². The monoisotopic (exact) mass is 358 g/mol. The van der Waals surface area contributed by atoms with Gasteiger partial charge in [-0.25, -0.2) is 9.50 Å². The molecule has 0 saturated heterocycles. The standard InChI is InChI=1S/C21H18N4O2/c1-14-12-15(2)25-20(23-14)19(13-22-25)21(26)24-16-8-10-18(11-9-16)27-17-6-4-3-5-7-17/h3-13H,1-2H3,(H,24,26). The molecule has 0 fully saturated rings. The molecule has 0 bridgehead atoms. The van der Waals surface area contributed by atoms with E-state index in [0.29, 0.717) is 22.6 Å². The van der Waals surface area contributed by atoms with Gasteiger partial charge in [0.05, 0.1) is 6.20 Å². The highest BCUT2D eigenvalue weighted by Gasteiger charge is 2.15. The number of nitrogens with one attached hydrogen (secondary N) is 1. The van der Waals surface area contributed by atoms with E-state index in [1.165, 1.54) is 6.20 Å². The first-order valence-corrected chi connectivity index (χ1v) is 8.56. The Kier molecular flexibility index (Phi) is 4.30. The van der Waals surface area contributed by atoms with Gasteiger partial charge in [-0.2, -0.15) is 5.10 Å². The number of aryl methyl sites for hydroxylation is 2. The van der Waals surface area contributed by atoms with Crippen molar-refractivity contribution in [1.29, 1.82) is 0 Å². The highest BCUT2D eigenvalue weighted by atomic mass is 16.5. The smallest absolute Gasteiger partial charge is 0.261 e. The van der Waals surface area contributed by atoms with Gasteiger partial charge in [-0.05, 0) is 56.3 Å². The topological polar surface area (TPSA) is 68.5 Å². The molecule has 0 unspecified atom stereocenters. The van der Waals surface area contributed by atoms with E-state index < -0.39 is 0 Å². The number of fused-ring (bicyclic) bond motifs is 1. The van der Waals surface area contributed by atoms with Crippen molar-refractivity contribution < 1.29 is 9.53 Å². The molecule has 2 aromatic carbocycles. The zero-order chi connectivity index (χ0) is 18.8. The first-order chi connectivity index (χ1) is 13.1. The van der Waals surface area contributed by atoms with Crippen LogP contribution in [0, 0.1) is 13.8 Å². The number of rotatable bonds is 4. The Hall–Kier alpha value is -3.67. The van der Waals surface area contributed by atoms with Gasteiger partial charge in [-0.3, -0.25) is 4.79 Å². The minimum atomic E-state index is -0.251. The number of anilines is 1. The number of hydrogen-bond acceptors (Lipinski definition) is 4. The zero-order valence-corrected chi connectivity index (χ0v) is 15.0. The minimum Gasteiger partial charge on any atom is -0.457 e. The fourth-order valence-corrected chi connectivity index (χ4v) is 2.86.